The Hall–Kier alpha value is -3.26. The first-order valence-electron chi connectivity index (χ1n) is 9.32. The predicted octanol–water partition coefficient (Wildman–Crippen LogP) is 7.55. The van der Waals surface area contributed by atoms with Crippen molar-refractivity contribution in [3.63, 3.8) is 0 Å². The van der Waals surface area contributed by atoms with Gasteiger partial charge in [0.2, 0.25) is 0 Å². The second-order valence-electron chi connectivity index (χ2n) is 6.75. The number of hydrogen-bond donors (Lipinski definition) is 0. The second-order valence-corrected chi connectivity index (χ2v) is 6.75. The van der Waals surface area contributed by atoms with Crippen molar-refractivity contribution in [1.82, 2.24) is 0 Å². The molecule has 0 aliphatic heterocycles. The van der Waals surface area contributed by atoms with Gasteiger partial charge in [-0.3, -0.25) is 0 Å². The third kappa shape index (κ3) is 3.72. The summed E-state index contributed by atoms with van der Waals surface area (Å²) in [6, 6.07) is 33.1. The van der Waals surface area contributed by atoms with E-state index in [0.29, 0.717) is 5.56 Å². The van der Waals surface area contributed by atoms with Gasteiger partial charge < -0.3 is 0 Å². The average molecular weight is 370 g/mol. The number of hydrogen-bond acceptors (Lipinski definition) is 0. The molecule has 1 aliphatic carbocycles. The van der Waals surface area contributed by atoms with Gasteiger partial charge in [0.25, 0.3) is 6.43 Å². The van der Waals surface area contributed by atoms with Gasteiger partial charge in [-0.05, 0) is 39.8 Å². The highest BCUT2D eigenvalue weighted by Gasteiger charge is 2.16. The lowest BCUT2D eigenvalue weighted by molar-refractivity contribution is 0.152. The minimum atomic E-state index is -2.43. The van der Waals surface area contributed by atoms with Crippen molar-refractivity contribution >= 4 is 0 Å². The van der Waals surface area contributed by atoms with Crippen LogP contribution in [0.4, 0.5) is 8.78 Å². The van der Waals surface area contributed by atoms with E-state index < -0.39 is 6.43 Å². The van der Waals surface area contributed by atoms with Gasteiger partial charge in [-0.1, -0.05) is 103 Å². The fourth-order valence-corrected chi connectivity index (χ4v) is 3.65. The van der Waals surface area contributed by atoms with E-state index in [2.05, 4.69) is 48.5 Å². The fraction of sp³-hybridized carbons (Fsp3) is 0.0769. The zero-order valence-electron chi connectivity index (χ0n) is 15.4. The van der Waals surface area contributed by atoms with E-state index in [1.54, 1.807) is 18.2 Å². The van der Waals surface area contributed by atoms with E-state index in [9.17, 15) is 8.78 Å². The zero-order chi connectivity index (χ0) is 19.3. The van der Waals surface area contributed by atoms with E-state index in [0.717, 1.165) is 12.0 Å². The first-order valence-corrected chi connectivity index (χ1v) is 9.32. The van der Waals surface area contributed by atoms with E-state index in [1.807, 2.05) is 30.3 Å². The van der Waals surface area contributed by atoms with Crippen LogP contribution in [0.25, 0.3) is 22.3 Å². The lowest BCUT2D eigenvalue weighted by Gasteiger charge is -2.08. The molecule has 0 spiro atoms. The number of rotatable bonds is 2. The van der Waals surface area contributed by atoms with Gasteiger partial charge >= 0.3 is 0 Å². The van der Waals surface area contributed by atoms with Crippen molar-refractivity contribution in [2.45, 2.75) is 12.8 Å². The van der Waals surface area contributed by atoms with Crippen LogP contribution in [0.3, 0.4) is 0 Å². The average Bonchev–Trinajstić information content (AvgIpc) is 3.13. The summed E-state index contributed by atoms with van der Waals surface area (Å²) in [5.41, 5.74) is 7.27. The minimum absolute atomic E-state index is 0.0868. The summed E-state index contributed by atoms with van der Waals surface area (Å²) >= 11 is 0. The highest BCUT2D eigenvalue weighted by molar-refractivity contribution is 5.76. The molecule has 138 valence electrons. The zero-order valence-corrected chi connectivity index (χ0v) is 15.4. The Labute approximate surface area is 164 Å². The number of fused-ring (bicyclic) bond motifs is 3. The standard InChI is InChI=1S/C13H10F2.C13H10/c14-13(15)12-9-5-4-8-11(12)10-6-2-1-3-7-10;1-3-7-12-10(5-1)9-11-6-2-4-8-13(11)12/h1-9,13H;1-8H,9H2. The summed E-state index contributed by atoms with van der Waals surface area (Å²) < 4.78 is 25.4. The number of benzene rings is 4. The van der Waals surface area contributed by atoms with Crippen molar-refractivity contribution in [3.05, 3.63) is 120 Å². The monoisotopic (exact) mass is 370 g/mol. The second kappa shape index (κ2) is 8.18. The van der Waals surface area contributed by atoms with Gasteiger partial charge in [-0.15, -0.1) is 0 Å². The van der Waals surface area contributed by atoms with Crippen molar-refractivity contribution in [2.75, 3.05) is 0 Å². The normalized spacial score (nSPS) is 11.4. The van der Waals surface area contributed by atoms with Crippen LogP contribution in [-0.2, 0) is 6.42 Å². The van der Waals surface area contributed by atoms with Gasteiger partial charge in [0.05, 0.1) is 0 Å². The molecule has 0 heterocycles. The maximum Gasteiger partial charge on any atom is 0.264 e. The highest BCUT2D eigenvalue weighted by atomic mass is 19.3. The van der Waals surface area contributed by atoms with Crippen LogP contribution >= 0.6 is 0 Å². The lowest BCUT2D eigenvalue weighted by atomic mass is 10.0. The van der Waals surface area contributed by atoms with Crippen LogP contribution in [0.2, 0.25) is 0 Å². The molecule has 4 aromatic rings. The molecule has 0 saturated carbocycles. The molecule has 0 unspecified atom stereocenters. The number of halogens is 2. The summed E-state index contributed by atoms with van der Waals surface area (Å²) in [6.07, 6.45) is -1.33. The molecule has 2 heteroatoms. The summed E-state index contributed by atoms with van der Waals surface area (Å²) in [4.78, 5) is 0. The molecule has 0 saturated heterocycles. The van der Waals surface area contributed by atoms with Crippen LogP contribution in [-0.4, -0.2) is 0 Å². The molecule has 0 nitrogen and oxygen atoms in total. The fourth-order valence-electron chi connectivity index (χ4n) is 3.65. The Bertz CT molecular complexity index is 1020. The quantitative estimate of drug-likeness (QED) is 0.301. The van der Waals surface area contributed by atoms with Crippen LogP contribution in [0.15, 0.2) is 103 Å². The van der Waals surface area contributed by atoms with Crippen molar-refractivity contribution in [1.29, 1.82) is 0 Å². The highest BCUT2D eigenvalue weighted by Crippen LogP contribution is 2.35. The predicted molar refractivity (Wildman–Crippen MR) is 112 cm³/mol. The van der Waals surface area contributed by atoms with E-state index in [4.69, 9.17) is 0 Å². The van der Waals surface area contributed by atoms with Crippen molar-refractivity contribution in [2.24, 2.45) is 0 Å². The summed E-state index contributed by atoms with van der Waals surface area (Å²) in [5, 5.41) is 0. The molecule has 1 aliphatic rings. The maximum atomic E-state index is 12.7. The summed E-state index contributed by atoms with van der Waals surface area (Å²) in [7, 11) is 0. The Kier molecular flexibility index (Phi) is 5.29. The Balaban J connectivity index is 0.000000138. The maximum absolute atomic E-state index is 12.7. The molecule has 0 bridgehead atoms. The van der Waals surface area contributed by atoms with Gasteiger partial charge in [0, 0.05) is 5.56 Å². The summed E-state index contributed by atoms with van der Waals surface area (Å²) in [6.45, 7) is 0. The topological polar surface area (TPSA) is 0 Å². The van der Waals surface area contributed by atoms with E-state index in [-0.39, 0.29) is 5.56 Å². The van der Waals surface area contributed by atoms with E-state index >= 15 is 0 Å². The molecule has 0 aromatic heterocycles. The molecule has 4 aromatic carbocycles. The van der Waals surface area contributed by atoms with Crippen molar-refractivity contribution < 1.29 is 8.78 Å². The lowest BCUT2D eigenvalue weighted by Crippen LogP contribution is -1.89. The SMILES string of the molecule is FC(F)c1ccccc1-c1ccccc1.c1ccc2c(c1)Cc1ccccc1-2. The Morgan fingerprint density at radius 2 is 0.964 bits per heavy atom. The van der Waals surface area contributed by atoms with Gasteiger partial charge in [-0.25, -0.2) is 8.78 Å². The third-order valence-electron chi connectivity index (χ3n) is 4.99. The number of alkyl halides is 2. The van der Waals surface area contributed by atoms with Crippen LogP contribution < -0.4 is 0 Å². The molecule has 0 radical (unpaired) electrons. The van der Waals surface area contributed by atoms with Crippen LogP contribution in [0.1, 0.15) is 23.1 Å². The molecule has 0 amide bonds. The van der Waals surface area contributed by atoms with Crippen LogP contribution in [0.5, 0.6) is 0 Å². The van der Waals surface area contributed by atoms with E-state index in [1.165, 1.54) is 28.3 Å². The molecule has 28 heavy (non-hydrogen) atoms. The molecule has 0 fully saturated rings. The molecule has 0 atom stereocenters. The Morgan fingerprint density at radius 3 is 1.54 bits per heavy atom. The largest absolute Gasteiger partial charge is 0.264 e. The van der Waals surface area contributed by atoms with Crippen LogP contribution in [0, 0.1) is 0 Å². The first kappa shape index (κ1) is 18.1. The minimum Gasteiger partial charge on any atom is -0.205 e. The first-order chi connectivity index (χ1) is 13.7. The molecular weight excluding hydrogens is 350 g/mol. The smallest absolute Gasteiger partial charge is 0.205 e. The Morgan fingerprint density at radius 1 is 0.500 bits per heavy atom. The summed E-state index contributed by atoms with van der Waals surface area (Å²) in [5.74, 6) is 0. The van der Waals surface area contributed by atoms with Gasteiger partial charge in [0.15, 0.2) is 0 Å². The third-order valence-corrected chi connectivity index (χ3v) is 4.99. The molecular formula is C26H20F2. The molecule has 5 rings (SSSR count). The molecule has 0 N–H and O–H groups in total. The van der Waals surface area contributed by atoms with Crippen molar-refractivity contribution in [3.8, 4) is 22.3 Å². The van der Waals surface area contributed by atoms with Gasteiger partial charge in [-0.2, -0.15) is 0 Å². The van der Waals surface area contributed by atoms with Gasteiger partial charge in [0.1, 0.15) is 0 Å².